The Morgan fingerprint density at radius 2 is 1.89 bits per heavy atom. The van der Waals surface area contributed by atoms with Crippen LogP contribution >= 0.6 is 0 Å². The van der Waals surface area contributed by atoms with E-state index >= 15 is 0 Å². The third-order valence-corrected chi connectivity index (χ3v) is 4.44. The van der Waals surface area contributed by atoms with Gasteiger partial charge in [0.1, 0.15) is 0 Å². The average Bonchev–Trinajstić information content (AvgIpc) is 3.08. The van der Waals surface area contributed by atoms with Crippen LogP contribution < -0.4 is 25.2 Å². The zero-order valence-electron chi connectivity index (χ0n) is 14.1. The second-order valence-corrected chi connectivity index (χ2v) is 7.06. The van der Waals surface area contributed by atoms with Crippen molar-refractivity contribution in [2.24, 2.45) is 5.14 Å². The number of nitrogens with two attached hydrogens (primary N) is 1. The highest BCUT2D eigenvalue weighted by atomic mass is 32.2. The number of fused-ring (bicyclic) bond motifs is 1. The van der Waals surface area contributed by atoms with Crippen molar-refractivity contribution in [3.05, 3.63) is 66.4 Å². The number of urea groups is 1. The van der Waals surface area contributed by atoms with E-state index in [0.717, 1.165) is 5.56 Å². The second kappa shape index (κ2) is 7.94. The SMILES string of the molecule is NS(=O)(=O)c1cccc(NC(=O)N/C=C/C=C/c2ccc3c(c2)OCO3)c1. The summed E-state index contributed by atoms with van der Waals surface area (Å²) in [7, 11) is -3.83. The lowest BCUT2D eigenvalue weighted by Gasteiger charge is -2.05. The molecule has 0 atom stereocenters. The fourth-order valence-electron chi connectivity index (χ4n) is 2.28. The van der Waals surface area contributed by atoms with E-state index in [1.54, 1.807) is 18.2 Å². The van der Waals surface area contributed by atoms with E-state index in [0.29, 0.717) is 17.2 Å². The van der Waals surface area contributed by atoms with Crippen LogP contribution in [0.5, 0.6) is 11.5 Å². The van der Waals surface area contributed by atoms with Gasteiger partial charge in [-0.15, -0.1) is 0 Å². The molecule has 3 rings (SSSR count). The molecule has 9 heteroatoms. The molecule has 2 amide bonds. The Balaban J connectivity index is 1.52. The van der Waals surface area contributed by atoms with Crippen LogP contribution in [0.1, 0.15) is 5.56 Å². The molecule has 0 spiro atoms. The summed E-state index contributed by atoms with van der Waals surface area (Å²) in [6.45, 7) is 0.224. The van der Waals surface area contributed by atoms with Crippen molar-refractivity contribution >= 4 is 27.8 Å². The van der Waals surface area contributed by atoms with Crippen LogP contribution in [0.4, 0.5) is 10.5 Å². The van der Waals surface area contributed by atoms with Gasteiger partial charge in [-0.3, -0.25) is 0 Å². The van der Waals surface area contributed by atoms with Gasteiger partial charge in [-0.1, -0.05) is 24.3 Å². The fraction of sp³-hybridized carbons (Fsp3) is 0.0556. The van der Waals surface area contributed by atoms with Gasteiger partial charge in [0.15, 0.2) is 11.5 Å². The molecule has 0 saturated heterocycles. The van der Waals surface area contributed by atoms with E-state index in [1.165, 1.54) is 24.4 Å². The van der Waals surface area contributed by atoms with Gasteiger partial charge < -0.3 is 20.1 Å². The van der Waals surface area contributed by atoms with Crippen LogP contribution in [0.3, 0.4) is 0 Å². The number of carbonyl (C=O) groups excluding carboxylic acids is 1. The minimum absolute atomic E-state index is 0.0810. The van der Waals surface area contributed by atoms with Crippen molar-refractivity contribution in [3.8, 4) is 11.5 Å². The summed E-state index contributed by atoms with van der Waals surface area (Å²) in [6, 6.07) is 10.7. The largest absolute Gasteiger partial charge is 0.454 e. The minimum atomic E-state index is -3.83. The summed E-state index contributed by atoms with van der Waals surface area (Å²) in [5.74, 6) is 1.41. The Morgan fingerprint density at radius 1 is 1.07 bits per heavy atom. The maximum atomic E-state index is 11.8. The summed E-state index contributed by atoms with van der Waals surface area (Å²) >= 11 is 0. The van der Waals surface area contributed by atoms with E-state index in [9.17, 15) is 13.2 Å². The smallest absolute Gasteiger partial charge is 0.323 e. The first kappa shape index (κ1) is 18.5. The zero-order chi connectivity index (χ0) is 19.3. The summed E-state index contributed by atoms with van der Waals surface area (Å²) in [6.07, 6.45) is 6.68. The molecule has 0 bridgehead atoms. The molecule has 140 valence electrons. The van der Waals surface area contributed by atoms with Crippen LogP contribution in [0.2, 0.25) is 0 Å². The van der Waals surface area contributed by atoms with Crippen molar-refractivity contribution in [1.82, 2.24) is 5.32 Å². The zero-order valence-corrected chi connectivity index (χ0v) is 14.9. The Hall–Kier alpha value is -3.30. The number of sulfonamides is 1. The first-order valence-electron chi connectivity index (χ1n) is 7.85. The molecule has 0 unspecified atom stereocenters. The highest BCUT2D eigenvalue weighted by Gasteiger charge is 2.12. The van der Waals surface area contributed by atoms with E-state index in [2.05, 4.69) is 10.6 Å². The number of hydrogen-bond donors (Lipinski definition) is 3. The van der Waals surface area contributed by atoms with Gasteiger partial charge >= 0.3 is 6.03 Å². The highest BCUT2D eigenvalue weighted by molar-refractivity contribution is 7.89. The molecule has 8 nitrogen and oxygen atoms in total. The minimum Gasteiger partial charge on any atom is -0.454 e. The number of primary sulfonamides is 1. The van der Waals surface area contributed by atoms with Crippen molar-refractivity contribution in [3.63, 3.8) is 0 Å². The lowest BCUT2D eigenvalue weighted by Crippen LogP contribution is -2.24. The lowest BCUT2D eigenvalue weighted by molar-refractivity contribution is 0.174. The van der Waals surface area contributed by atoms with Crippen LogP contribution in [0, 0.1) is 0 Å². The topological polar surface area (TPSA) is 120 Å². The molecule has 0 aliphatic carbocycles. The van der Waals surface area contributed by atoms with E-state index in [1.807, 2.05) is 24.3 Å². The number of nitrogens with one attached hydrogen (secondary N) is 2. The Kier molecular flexibility index (Phi) is 5.43. The van der Waals surface area contributed by atoms with Gasteiger partial charge in [0.25, 0.3) is 0 Å². The van der Waals surface area contributed by atoms with Gasteiger partial charge in [0.2, 0.25) is 16.8 Å². The predicted molar refractivity (Wildman–Crippen MR) is 101 cm³/mol. The van der Waals surface area contributed by atoms with Gasteiger partial charge in [-0.2, -0.15) is 0 Å². The molecule has 0 radical (unpaired) electrons. The van der Waals surface area contributed by atoms with Gasteiger partial charge in [-0.25, -0.2) is 18.4 Å². The molecule has 4 N–H and O–H groups in total. The van der Waals surface area contributed by atoms with Crippen LogP contribution in [-0.2, 0) is 10.0 Å². The molecule has 1 aliphatic rings. The second-order valence-electron chi connectivity index (χ2n) is 5.50. The quantitative estimate of drug-likeness (QED) is 0.681. The van der Waals surface area contributed by atoms with Crippen molar-refractivity contribution < 1.29 is 22.7 Å². The van der Waals surface area contributed by atoms with Crippen LogP contribution in [0.25, 0.3) is 6.08 Å². The van der Waals surface area contributed by atoms with Gasteiger partial charge in [-0.05, 0) is 42.0 Å². The number of carbonyl (C=O) groups is 1. The number of benzene rings is 2. The fourth-order valence-corrected chi connectivity index (χ4v) is 2.84. The standard InChI is InChI=1S/C18H17N3O5S/c19-27(23,24)15-6-3-5-14(11-15)21-18(22)20-9-2-1-4-13-7-8-16-17(10-13)26-12-25-16/h1-11H,12H2,(H2,19,23,24)(H2,20,21,22)/b4-1+,9-2+. The molecule has 1 heterocycles. The Labute approximate surface area is 156 Å². The molecule has 0 saturated carbocycles. The first-order chi connectivity index (χ1) is 12.9. The predicted octanol–water partition coefficient (Wildman–Crippen LogP) is 2.41. The van der Waals surface area contributed by atoms with E-state index in [4.69, 9.17) is 14.6 Å². The van der Waals surface area contributed by atoms with Crippen molar-refractivity contribution in [2.45, 2.75) is 4.90 Å². The molecule has 27 heavy (non-hydrogen) atoms. The number of anilines is 1. The number of allylic oxidation sites excluding steroid dienone is 2. The summed E-state index contributed by atoms with van der Waals surface area (Å²) in [5, 5.41) is 10.1. The van der Waals surface area contributed by atoms with E-state index in [-0.39, 0.29) is 11.7 Å². The normalized spacial score (nSPS) is 13.2. The Morgan fingerprint density at radius 3 is 2.70 bits per heavy atom. The number of hydrogen-bond acceptors (Lipinski definition) is 5. The monoisotopic (exact) mass is 387 g/mol. The van der Waals surface area contributed by atoms with Crippen molar-refractivity contribution in [1.29, 1.82) is 0 Å². The van der Waals surface area contributed by atoms with Gasteiger partial charge in [0, 0.05) is 11.9 Å². The third kappa shape index (κ3) is 5.09. The number of ether oxygens (including phenoxy) is 2. The summed E-state index contributed by atoms with van der Waals surface area (Å²) in [4.78, 5) is 11.7. The molecular formula is C18H17N3O5S. The van der Waals surface area contributed by atoms with E-state index < -0.39 is 16.1 Å². The maximum Gasteiger partial charge on any atom is 0.323 e. The number of amides is 2. The van der Waals surface area contributed by atoms with Crippen molar-refractivity contribution in [2.75, 3.05) is 12.1 Å². The molecular weight excluding hydrogens is 370 g/mol. The molecule has 0 fully saturated rings. The molecule has 1 aliphatic heterocycles. The van der Waals surface area contributed by atoms with Gasteiger partial charge in [0.05, 0.1) is 4.90 Å². The summed E-state index contributed by atoms with van der Waals surface area (Å²) < 4.78 is 33.2. The maximum absolute atomic E-state index is 11.8. The average molecular weight is 387 g/mol. The molecule has 0 aromatic heterocycles. The third-order valence-electron chi connectivity index (χ3n) is 3.53. The lowest BCUT2D eigenvalue weighted by atomic mass is 10.2. The summed E-state index contributed by atoms with van der Waals surface area (Å²) in [5.41, 5.74) is 1.23. The Bertz CT molecular complexity index is 1020. The van der Waals surface area contributed by atoms with Crippen LogP contribution in [-0.4, -0.2) is 21.2 Å². The number of rotatable bonds is 5. The molecule has 2 aromatic carbocycles. The first-order valence-corrected chi connectivity index (χ1v) is 9.40. The molecule has 2 aromatic rings. The highest BCUT2D eigenvalue weighted by Crippen LogP contribution is 2.32. The van der Waals surface area contributed by atoms with Crippen LogP contribution in [0.15, 0.2) is 65.7 Å².